The lowest BCUT2D eigenvalue weighted by Crippen LogP contribution is -2.42. The summed E-state index contributed by atoms with van der Waals surface area (Å²) in [6, 6.07) is 8.60. The second-order valence-corrected chi connectivity index (χ2v) is 16.9. The molecule has 228 valence electrons. The van der Waals surface area contributed by atoms with Gasteiger partial charge in [-0.3, -0.25) is 0 Å². The summed E-state index contributed by atoms with van der Waals surface area (Å²) in [5, 5.41) is 0. The zero-order chi connectivity index (χ0) is 29.9. The highest BCUT2D eigenvalue weighted by Gasteiger charge is 2.40. The molecule has 0 aromatic heterocycles. The molecule has 6 atom stereocenters. The molecule has 41 heavy (non-hydrogen) atoms. The third kappa shape index (κ3) is 7.96. The third-order valence-electron chi connectivity index (χ3n) is 9.68. The van der Waals surface area contributed by atoms with Gasteiger partial charge in [0.1, 0.15) is 0 Å². The molecule has 4 rings (SSSR count). The van der Waals surface area contributed by atoms with Crippen molar-refractivity contribution in [2.75, 3.05) is 13.2 Å². The summed E-state index contributed by atoms with van der Waals surface area (Å²) < 4.78 is 25.4. The first-order chi connectivity index (χ1) is 19.4. The van der Waals surface area contributed by atoms with E-state index in [4.69, 9.17) is 14.2 Å². The Morgan fingerprint density at radius 3 is 1.34 bits per heavy atom. The summed E-state index contributed by atoms with van der Waals surface area (Å²) in [6.07, 6.45) is 8.76. The predicted octanol–water partition coefficient (Wildman–Crippen LogP) is 13.0. The summed E-state index contributed by atoms with van der Waals surface area (Å²) in [5.74, 6) is 0. The highest BCUT2D eigenvalue weighted by molar-refractivity contribution is 9.15. The SMILES string of the molecule is CCC(C)(CCC(OC(CCC(C)(CC)C1CCO1)c1ccc(Br)c(Br)c1Br)c1ccc(Br)c(Br)c1Br)C1CCO1. The monoisotopic (exact) mass is 946 g/mol. The van der Waals surface area contributed by atoms with Crippen molar-refractivity contribution in [2.24, 2.45) is 10.8 Å². The van der Waals surface area contributed by atoms with E-state index >= 15 is 0 Å². The maximum Gasteiger partial charge on any atom is 0.0844 e. The van der Waals surface area contributed by atoms with Gasteiger partial charge in [-0.2, -0.15) is 0 Å². The Kier molecular flexibility index (Phi) is 13.0. The lowest BCUT2D eigenvalue weighted by atomic mass is 9.73. The Morgan fingerprint density at radius 1 is 0.683 bits per heavy atom. The van der Waals surface area contributed by atoms with Crippen LogP contribution in [0.15, 0.2) is 51.1 Å². The normalized spacial score (nSPS) is 23.2. The van der Waals surface area contributed by atoms with Crippen LogP contribution in [0.1, 0.15) is 102 Å². The number of halogens is 6. The van der Waals surface area contributed by atoms with E-state index in [-0.39, 0.29) is 23.0 Å². The minimum absolute atomic E-state index is 0.105. The number of benzene rings is 2. The fourth-order valence-corrected chi connectivity index (χ4v) is 9.11. The van der Waals surface area contributed by atoms with Crippen LogP contribution in [0.2, 0.25) is 0 Å². The van der Waals surface area contributed by atoms with E-state index in [0.29, 0.717) is 12.2 Å². The van der Waals surface area contributed by atoms with E-state index in [2.05, 4.69) is 148 Å². The van der Waals surface area contributed by atoms with Crippen molar-refractivity contribution in [3.8, 4) is 0 Å². The average molecular weight is 952 g/mol. The molecule has 0 bridgehead atoms. The summed E-state index contributed by atoms with van der Waals surface area (Å²) in [7, 11) is 0. The molecule has 0 radical (unpaired) electrons. The minimum Gasteiger partial charge on any atom is -0.377 e. The molecule has 2 aliphatic heterocycles. The van der Waals surface area contributed by atoms with Gasteiger partial charge >= 0.3 is 0 Å². The molecule has 0 spiro atoms. The van der Waals surface area contributed by atoms with Crippen molar-refractivity contribution < 1.29 is 14.2 Å². The van der Waals surface area contributed by atoms with Gasteiger partial charge in [0, 0.05) is 40.1 Å². The molecule has 2 aromatic carbocycles. The van der Waals surface area contributed by atoms with Crippen LogP contribution in [0.3, 0.4) is 0 Å². The van der Waals surface area contributed by atoms with Gasteiger partial charge in [0.25, 0.3) is 0 Å². The summed E-state index contributed by atoms with van der Waals surface area (Å²) in [5.41, 5.74) is 2.56. The van der Waals surface area contributed by atoms with Crippen LogP contribution in [0.25, 0.3) is 0 Å². The van der Waals surface area contributed by atoms with E-state index in [0.717, 1.165) is 103 Å². The lowest BCUT2D eigenvalue weighted by molar-refractivity contribution is -0.135. The molecule has 2 aliphatic rings. The topological polar surface area (TPSA) is 27.7 Å². The van der Waals surface area contributed by atoms with E-state index in [1.54, 1.807) is 0 Å². The first kappa shape index (κ1) is 35.1. The smallest absolute Gasteiger partial charge is 0.0844 e. The molecule has 0 aliphatic carbocycles. The summed E-state index contributed by atoms with van der Waals surface area (Å²) in [4.78, 5) is 0. The van der Waals surface area contributed by atoms with Crippen LogP contribution in [0.4, 0.5) is 0 Å². The molecule has 0 amide bonds. The number of hydrogen-bond donors (Lipinski definition) is 0. The second kappa shape index (κ2) is 15.2. The maximum absolute atomic E-state index is 7.30. The van der Waals surface area contributed by atoms with Gasteiger partial charge in [0.2, 0.25) is 0 Å². The first-order valence-electron chi connectivity index (χ1n) is 14.6. The fraction of sp³-hybridized carbons (Fsp3) is 0.625. The van der Waals surface area contributed by atoms with Gasteiger partial charge in [0.15, 0.2) is 0 Å². The molecular weight excluding hydrogens is 912 g/mol. The highest BCUT2D eigenvalue weighted by atomic mass is 79.9. The van der Waals surface area contributed by atoms with Gasteiger partial charge in [-0.15, -0.1) is 0 Å². The molecule has 2 heterocycles. The minimum atomic E-state index is -0.105. The molecule has 3 nitrogen and oxygen atoms in total. The maximum atomic E-state index is 7.30. The predicted molar refractivity (Wildman–Crippen MR) is 190 cm³/mol. The average Bonchev–Trinajstić information content (AvgIpc) is 2.89. The second-order valence-electron chi connectivity index (χ2n) is 12.0. The third-order valence-corrected chi connectivity index (χ3v) is 16.5. The Balaban J connectivity index is 1.70. The van der Waals surface area contributed by atoms with Crippen molar-refractivity contribution in [3.63, 3.8) is 0 Å². The Bertz CT molecular complexity index is 1110. The highest BCUT2D eigenvalue weighted by Crippen LogP contribution is 2.48. The van der Waals surface area contributed by atoms with Crippen molar-refractivity contribution in [2.45, 2.75) is 103 Å². The molecule has 6 unspecified atom stereocenters. The van der Waals surface area contributed by atoms with E-state index in [9.17, 15) is 0 Å². The number of ether oxygens (including phenoxy) is 3. The molecule has 9 heteroatoms. The van der Waals surface area contributed by atoms with Crippen molar-refractivity contribution in [3.05, 3.63) is 62.2 Å². The number of rotatable bonds is 14. The zero-order valence-electron chi connectivity index (χ0n) is 24.2. The van der Waals surface area contributed by atoms with Crippen LogP contribution in [0.5, 0.6) is 0 Å². The van der Waals surface area contributed by atoms with Gasteiger partial charge < -0.3 is 14.2 Å². The Morgan fingerprint density at radius 2 is 1.05 bits per heavy atom. The quantitative estimate of drug-likeness (QED) is 0.177. The fourth-order valence-electron chi connectivity index (χ4n) is 5.99. The van der Waals surface area contributed by atoms with Gasteiger partial charge in [-0.1, -0.05) is 39.8 Å². The lowest BCUT2D eigenvalue weighted by Gasteiger charge is -2.44. The van der Waals surface area contributed by atoms with E-state index in [1.807, 2.05) is 0 Å². The van der Waals surface area contributed by atoms with Crippen LogP contribution in [-0.4, -0.2) is 25.4 Å². The van der Waals surface area contributed by atoms with Gasteiger partial charge in [0.05, 0.1) is 24.4 Å². The van der Waals surface area contributed by atoms with Gasteiger partial charge in [-0.25, -0.2) is 0 Å². The molecule has 0 saturated carbocycles. The molecule has 0 N–H and O–H groups in total. The summed E-state index contributed by atoms with van der Waals surface area (Å²) in [6.45, 7) is 11.1. The molecule has 2 fully saturated rings. The van der Waals surface area contributed by atoms with Crippen LogP contribution < -0.4 is 0 Å². The molecule has 2 saturated heterocycles. The van der Waals surface area contributed by atoms with Crippen LogP contribution in [0, 0.1) is 10.8 Å². The zero-order valence-corrected chi connectivity index (χ0v) is 33.7. The Labute approximate surface area is 296 Å². The van der Waals surface area contributed by atoms with Crippen molar-refractivity contribution in [1.82, 2.24) is 0 Å². The van der Waals surface area contributed by atoms with Crippen molar-refractivity contribution in [1.29, 1.82) is 0 Å². The molecule has 2 aromatic rings. The van der Waals surface area contributed by atoms with E-state index < -0.39 is 0 Å². The van der Waals surface area contributed by atoms with Crippen LogP contribution in [-0.2, 0) is 14.2 Å². The Hall–Kier alpha value is 1.20. The largest absolute Gasteiger partial charge is 0.377 e. The van der Waals surface area contributed by atoms with Gasteiger partial charge in [-0.05, 0) is 181 Å². The van der Waals surface area contributed by atoms with Crippen molar-refractivity contribution >= 4 is 95.6 Å². The molecular formula is C32H40Br6O3. The number of hydrogen-bond acceptors (Lipinski definition) is 3. The summed E-state index contributed by atoms with van der Waals surface area (Å²) >= 11 is 22.7. The van der Waals surface area contributed by atoms with E-state index in [1.165, 1.54) is 0 Å². The standard InChI is InChI=1S/C32H40Br6O3/c1-5-31(3,25-13-17-39-25)15-11-23(19-7-9-21(33)29(37)27(19)35)41-24(20-8-10-22(34)30(38)28(20)36)12-16-32(4,6-2)26-14-18-40-26/h7-10,23-26H,5-6,11-18H2,1-4H3. The first-order valence-corrected chi connectivity index (χ1v) is 19.3. The van der Waals surface area contributed by atoms with Crippen LogP contribution >= 0.6 is 95.6 Å².